The molecule has 1 amide bonds. The van der Waals surface area contributed by atoms with Crippen LogP contribution in [0.15, 0.2) is 24.3 Å². The molecular formula is C12H11N3O4. The largest absolute Gasteiger partial charge is 0.360 e. The maximum atomic E-state index is 12.2. The number of morpholine rings is 1. The van der Waals surface area contributed by atoms with Crippen molar-refractivity contribution in [1.82, 2.24) is 4.90 Å². The van der Waals surface area contributed by atoms with Gasteiger partial charge in [-0.25, -0.2) is 0 Å². The average molecular weight is 261 g/mol. The maximum absolute atomic E-state index is 12.2. The Morgan fingerprint density at radius 3 is 2.95 bits per heavy atom. The first-order valence-electron chi connectivity index (χ1n) is 5.67. The Labute approximate surface area is 109 Å². The third-order valence-electron chi connectivity index (χ3n) is 2.83. The van der Waals surface area contributed by atoms with Crippen LogP contribution in [-0.4, -0.2) is 41.5 Å². The average Bonchev–Trinajstić information content (AvgIpc) is 2.46. The molecule has 0 saturated carbocycles. The highest BCUT2D eigenvalue weighted by Gasteiger charge is 2.28. The highest BCUT2D eigenvalue weighted by Crippen LogP contribution is 2.20. The van der Waals surface area contributed by atoms with Crippen molar-refractivity contribution >= 4 is 11.6 Å². The number of carbonyl (C=O) groups excluding carboxylic acids is 1. The van der Waals surface area contributed by atoms with Crippen molar-refractivity contribution in [2.24, 2.45) is 0 Å². The summed E-state index contributed by atoms with van der Waals surface area (Å²) in [6.45, 7) is 0.703. The van der Waals surface area contributed by atoms with Crippen molar-refractivity contribution in [1.29, 1.82) is 5.26 Å². The van der Waals surface area contributed by atoms with Gasteiger partial charge in [0, 0.05) is 12.6 Å². The number of hydrogen-bond acceptors (Lipinski definition) is 5. The third-order valence-corrected chi connectivity index (χ3v) is 2.83. The van der Waals surface area contributed by atoms with Crippen LogP contribution in [0.1, 0.15) is 10.4 Å². The molecular weight excluding hydrogens is 250 g/mol. The fraction of sp³-hybridized carbons (Fsp3) is 0.333. The Kier molecular flexibility index (Phi) is 3.73. The van der Waals surface area contributed by atoms with E-state index in [1.54, 1.807) is 6.07 Å². The Balaban J connectivity index is 2.25. The van der Waals surface area contributed by atoms with Crippen LogP contribution in [0, 0.1) is 21.4 Å². The molecule has 1 atom stereocenters. The second-order valence-corrected chi connectivity index (χ2v) is 4.01. The van der Waals surface area contributed by atoms with E-state index >= 15 is 0 Å². The van der Waals surface area contributed by atoms with Gasteiger partial charge in [0.15, 0.2) is 6.10 Å². The normalized spacial score (nSPS) is 18.7. The van der Waals surface area contributed by atoms with Crippen molar-refractivity contribution < 1.29 is 14.5 Å². The van der Waals surface area contributed by atoms with E-state index in [0.717, 1.165) is 0 Å². The van der Waals surface area contributed by atoms with Crippen LogP contribution in [-0.2, 0) is 4.74 Å². The molecule has 0 bridgehead atoms. The highest BCUT2D eigenvalue weighted by atomic mass is 16.6. The van der Waals surface area contributed by atoms with Crippen LogP contribution < -0.4 is 0 Å². The second-order valence-electron chi connectivity index (χ2n) is 4.01. The minimum atomic E-state index is -0.680. The quantitative estimate of drug-likeness (QED) is 0.583. The van der Waals surface area contributed by atoms with Gasteiger partial charge in [0.1, 0.15) is 5.56 Å². The fourth-order valence-electron chi connectivity index (χ4n) is 1.90. The predicted octanol–water partition coefficient (Wildman–Crippen LogP) is 0.959. The number of nitriles is 1. The number of nitro benzene ring substituents is 1. The zero-order valence-electron chi connectivity index (χ0n) is 9.98. The Bertz CT molecular complexity index is 552. The van der Waals surface area contributed by atoms with Gasteiger partial charge in [0.25, 0.3) is 11.6 Å². The summed E-state index contributed by atoms with van der Waals surface area (Å²) in [7, 11) is 0. The van der Waals surface area contributed by atoms with Crippen LogP contribution in [0.2, 0.25) is 0 Å². The maximum Gasteiger partial charge on any atom is 0.282 e. The van der Waals surface area contributed by atoms with Crippen LogP contribution in [0.3, 0.4) is 0 Å². The van der Waals surface area contributed by atoms with E-state index in [1.165, 1.54) is 23.1 Å². The lowest BCUT2D eigenvalue weighted by molar-refractivity contribution is -0.385. The summed E-state index contributed by atoms with van der Waals surface area (Å²) in [5.74, 6) is -0.448. The molecule has 1 aromatic carbocycles. The van der Waals surface area contributed by atoms with Gasteiger partial charge in [-0.15, -0.1) is 0 Å². The molecule has 0 aromatic heterocycles. The van der Waals surface area contributed by atoms with Crippen molar-refractivity contribution in [2.45, 2.75) is 6.10 Å². The molecule has 1 heterocycles. The molecule has 0 spiro atoms. The topological polar surface area (TPSA) is 96.5 Å². The van der Waals surface area contributed by atoms with E-state index in [1.807, 2.05) is 6.07 Å². The first kappa shape index (κ1) is 13.0. The molecule has 1 aliphatic rings. The van der Waals surface area contributed by atoms with Crippen LogP contribution in [0.4, 0.5) is 5.69 Å². The summed E-state index contributed by atoms with van der Waals surface area (Å²) in [6.07, 6.45) is -0.680. The summed E-state index contributed by atoms with van der Waals surface area (Å²) >= 11 is 0. The molecule has 1 aromatic rings. The van der Waals surface area contributed by atoms with Crippen molar-refractivity contribution in [2.75, 3.05) is 19.7 Å². The molecule has 1 fully saturated rings. The number of benzene rings is 1. The van der Waals surface area contributed by atoms with Gasteiger partial charge < -0.3 is 9.64 Å². The minimum Gasteiger partial charge on any atom is -0.360 e. The molecule has 2 rings (SSSR count). The van der Waals surface area contributed by atoms with Gasteiger partial charge in [0.05, 0.1) is 24.1 Å². The highest BCUT2D eigenvalue weighted by molar-refractivity contribution is 5.98. The number of rotatable bonds is 2. The van der Waals surface area contributed by atoms with Gasteiger partial charge in [-0.2, -0.15) is 5.26 Å². The SMILES string of the molecule is N#CC1CN(C(=O)c2ccccc2[N+](=O)[O-])CCO1. The number of nitrogens with zero attached hydrogens (tertiary/aromatic N) is 3. The smallest absolute Gasteiger partial charge is 0.282 e. The van der Waals surface area contributed by atoms with Crippen molar-refractivity contribution in [3.8, 4) is 6.07 Å². The van der Waals surface area contributed by atoms with E-state index in [2.05, 4.69) is 0 Å². The van der Waals surface area contributed by atoms with Gasteiger partial charge in [0.2, 0.25) is 0 Å². The first-order valence-corrected chi connectivity index (χ1v) is 5.67. The number of carbonyl (C=O) groups is 1. The van der Waals surface area contributed by atoms with Crippen molar-refractivity contribution in [3.63, 3.8) is 0 Å². The second kappa shape index (κ2) is 5.46. The number of nitro groups is 1. The minimum absolute atomic E-state index is 0.0334. The lowest BCUT2D eigenvalue weighted by Crippen LogP contribution is -2.45. The van der Waals surface area contributed by atoms with Crippen LogP contribution in [0.25, 0.3) is 0 Å². The Morgan fingerprint density at radius 1 is 1.53 bits per heavy atom. The van der Waals surface area contributed by atoms with Gasteiger partial charge in [-0.05, 0) is 6.07 Å². The molecule has 1 saturated heterocycles. The monoisotopic (exact) mass is 261 g/mol. The molecule has 1 unspecified atom stereocenters. The van der Waals surface area contributed by atoms with Crippen LogP contribution >= 0.6 is 0 Å². The summed E-state index contributed by atoms with van der Waals surface area (Å²) in [4.78, 5) is 23.9. The standard InChI is InChI=1S/C12H11N3O4/c13-7-9-8-14(5-6-19-9)12(16)10-3-1-2-4-11(10)15(17)18/h1-4,9H,5-6,8H2. The van der Waals surface area contributed by atoms with E-state index in [9.17, 15) is 14.9 Å². The Hall–Kier alpha value is -2.46. The summed E-state index contributed by atoms with van der Waals surface area (Å²) in [5, 5.41) is 19.7. The molecule has 7 heteroatoms. The van der Waals surface area contributed by atoms with E-state index in [0.29, 0.717) is 6.54 Å². The van der Waals surface area contributed by atoms with Gasteiger partial charge >= 0.3 is 0 Å². The zero-order chi connectivity index (χ0) is 13.8. The van der Waals surface area contributed by atoms with Gasteiger partial charge in [-0.3, -0.25) is 14.9 Å². The number of amides is 1. The lowest BCUT2D eigenvalue weighted by atomic mass is 10.1. The molecule has 19 heavy (non-hydrogen) atoms. The van der Waals surface area contributed by atoms with E-state index in [-0.39, 0.29) is 24.4 Å². The van der Waals surface area contributed by atoms with Crippen molar-refractivity contribution in [3.05, 3.63) is 39.9 Å². The van der Waals surface area contributed by atoms with Gasteiger partial charge in [-0.1, -0.05) is 12.1 Å². The predicted molar refractivity (Wildman–Crippen MR) is 64.4 cm³/mol. The number of para-hydroxylation sites is 1. The molecule has 98 valence electrons. The van der Waals surface area contributed by atoms with E-state index in [4.69, 9.17) is 10.00 Å². The lowest BCUT2D eigenvalue weighted by Gasteiger charge is -2.29. The summed E-state index contributed by atoms with van der Waals surface area (Å²) < 4.78 is 5.13. The summed E-state index contributed by atoms with van der Waals surface area (Å²) in [5.41, 5.74) is -0.196. The molecule has 0 N–H and O–H groups in total. The Morgan fingerprint density at radius 2 is 2.26 bits per heavy atom. The number of hydrogen-bond donors (Lipinski definition) is 0. The molecule has 0 aliphatic carbocycles. The zero-order valence-corrected chi connectivity index (χ0v) is 9.98. The summed E-state index contributed by atoms with van der Waals surface area (Å²) in [6, 6.07) is 7.71. The molecule has 7 nitrogen and oxygen atoms in total. The first-order chi connectivity index (χ1) is 9.13. The molecule has 1 aliphatic heterocycles. The third kappa shape index (κ3) is 2.69. The fourth-order valence-corrected chi connectivity index (χ4v) is 1.90. The van der Waals surface area contributed by atoms with E-state index < -0.39 is 16.9 Å². The van der Waals surface area contributed by atoms with Crippen LogP contribution in [0.5, 0.6) is 0 Å². The molecule has 0 radical (unpaired) electrons. The number of ether oxygens (including phenoxy) is 1.